The number of benzene rings is 2. The van der Waals surface area contributed by atoms with Gasteiger partial charge in [0.25, 0.3) is 0 Å². The number of esters is 2. The molecule has 0 spiro atoms. The van der Waals surface area contributed by atoms with Crippen molar-refractivity contribution < 1.29 is 24.0 Å². The van der Waals surface area contributed by atoms with E-state index in [-0.39, 0.29) is 5.71 Å². The first kappa shape index (κ1) is 12.7. The van der Waals surface area contributed by atoms with E-state index in [1.807, 2.05) is 30.3 Å². The molecule has 2 unspecified atom stereocenters. The molecule has 0 amide bonds. The first-order valence-corrected chi connectivity index (χ1v) is 6.68. The second-order valence-corrected chi connectivity index (χ2v) is 5.08. The fourth-order valence-electron chi connectivity index (χ4n) is 2.75. The zero-order chi connectivity index (χ0) is 15.3. The highest BCUT2D eigenvalue weighted by atomic mass is 16.7. The second kappa shape index (κ2) is 4.49. The van der Waals surface area contributed by atoms with Crippen molar-refractivity contribution in [1.29, 1.82) is 0 Å². The van der Waals surface area contributed by atoms with Gasteiger partial charge in [-0.1, -0.05) is 47.6 Å². The molecule has 2 atom stereocenters. The third-order valence-electron chi connectivity index (χ3n) is 3.82. The smallest absolute Gasteiger partial charge is 0.359 e. The van der Waals surface area contributed by atoms with Crippen LogP contribution in [0.15, 0.2) is 47.6 Å². The number of Topliss-reactive ketones (excluding diaryl/α,β-unsaturated/α-hetero) is 1. The maximum atomic E-state index is 12.7. The molecular weight excluding hydrogens is 286 g/mol. The Hall–Kier alpha value is -3.02. The predicted molar refractivity (Wildman–Crippen MR) is 75.2 cm³/mol. The number of ketones is 1. The summed E-state index contributed by atoms with van der Waals surface area (Å²) in [5.41, 5.74) is 0.324. The van der Waals surface area contributed by atoms with E-state index < -0.39 is 29.7 Å². The fourth-order valence-corrected chi connectivity index (χ4v) is 2.75. The Morgan fingerprint density at radius 2 is 1.77 bits per heavy atom. The van der Waals surface area contributed by atoms with Crippen LogP contribution in [0.2, 0.25) is 0 Å². The van der Waals surface area contributed by atoms with Crippen LogP contribution in [0.5, 0.6) is 0 Å². The number of carbonyl (C=O) groups excluding carboxylic acids is 3. The lowest BCUT2D eigenvalue weighted by atomic mass is 9.91. The molecule has 0 N–H and O–H groups in total. The van der Waals surface area contributed by atoms with Crippen molar-refractivity contribution in [2.45, 2.75) is 6.10 Å². The van der Waals surface area contributed by atoms with Crippen LogP contribution in [0.1, 0.15) is 10.4 Å². The molecule has 0 radical (unpaired) electrons. The van der Waals surface area contributed by atoms with E-state index in [2.05, 4.69) is 9.89 Å². The maximum absolute atomic E-state index is 12.7. The third kappa shape index (κ3) is 1.67. The third-order valence-corrected chi connectivity index (χ3v) is 3.82. The molecular formula is C16H9NO5. The van der Waals surface area contributed by atoms with Crippen molar-refractivity contribution >= 4 is 34.2 Å². The van der Waals surface area contributed by atoms with Crippen LogP contribution in [0, 0.1) is 5.92 Å². The van der Waals surface area contributed by atoms with Crippen LogP contribution in [0.3, 0.4) is 0 Å². The van der Waals surface area contributed by atoms with Gasteiger partial charge in [-0.05, 0) is 10.8 Å². The topological polar surface area (TPSA) is 82.0 Å². The number of fused-ring (bicyclic) bond motifs is 2. The van der Waals surface area contributed by atoms with Crippen LogP contribution in [0.4, 0.5) is 0 Å². The van der Waals surface area contributed by atoms with Crippen LogP contribution >= 0.6 is 0 Å². The average molecular weight is 295 g/mol. The molecule has 2 aromatic carbocycles. The molecule has 6 nitrogen and oxygen atoms in total. The van der Waals surface area contributed by atoms with Gasteiger partial charge in [-0.2, -0.15) is 0 Å². The standard InChI is InChI=1S/C16H9NO5/c18-13(10-7-3-5-8-4-1-2-6-9(8)10)12-11-14(22-17-12)16(20)21-15(11)19/h1-7,11,14H. The van der Waals surface area contributed by atoms with Gasteiger partial charge in [0, 0.05) is 5.56 Å². The van der Waals surface area contributed by atoms with Gasteiger partial charge in [-0.25, -0.2) is 4.79 Å². The minimum Gasteiger partial charge on any atom is -0.390 e. The molecule has 1 fully saturated rings. The predicted octanol–water partition coefficient (Wildman–Crippen LogP) is 1.48. The van der Waals surface area contributed by atoms with Gasteiger partial charge in [0.05, 0.1) is 0 Å². The van der Waals surface area contributed by atoms with Crippen molar-refractivity contribution in [3.05, 3.63) is 48.0 Å². The fraction of sp³-hybridized carbons (Fsp3) is 0.125. The molecule has 0 aliphatic carbocycles. The Kier molecular flexibility index (Phi) is 2.59. The molecule has 4 rings (SSSR count). The quantitative estimate of drug-likeness (QED) is 0.476. The van der Waals surface area contributed by atoms with E-state index >= 15 is 0 Å². The SMILES string of the molecule is O=C(C1=NOC2C(=O)OC(=O)C12)c1cccc2ccccc12. The minimum atomic E-state index is -1.14. The molecule has 2 aliphatic rings. The number of carbonyl (C=O) groups is 3. The molecule has 6 heteroatoms. The number of ether oxygens (including phenoxy) is 1. The first-order valence-electron chi connectivity index (χ1n) is 6.68. The molecule has 2 heterocycles. The summed E-state index contributed by atoms with van der Waals surface area (Å²) >= 11 is 0. The molecule has 2 aliphatic heterocycles. The Morgan fingerprint density at radius 1 is 1.00 bits per heavy atom. The first-order chi connectivity index (χ1) is 10.7. The van der Waals surface area contributed by atoms with Crippen LogP contribution in [0.25, 0.3) is 10.8 Å². The second-order valence-electron chi connectivity index (χ2n) is 5.08. The summed E-state index contributed by atoms with van der Waals surface area (Å²) in [6.07, 6.45) is -1.14. The molecule has 1 saturated heterocycles. The molecule has 0 aromatic heterocycles. The number of hydrogen-bond acceptors (Lipinski definition) is 6. The summed E-state index contributed by atoms with van der Waals surface area (Å²) in [5, 5.41) is 5.30. The zero-order valence-corrected chi connectivity index (χ0v) is 11.2. The van der Waals surface area contributed by atoms with Gasteiger partial charge < -0.3 is 9.57 Å². The molecule has 0 saturated carbocycles. The Balaban J connectivity index is 1.79. The van der Waals surface area contributed by atoms with Gasteiger partial charge in [0.1, 0.15) is 5.71 Å². The van der Waals surface area contributed by atoms with Crippen molar-refractivity contribution in [1.82, 2.24) is 0 Å². The van der Waals surface area contributed by atoms with Gasteiger partial charge >= 0.3 is 11.9 Å². The lowest BCUT2D eigenvalue weighted by Gasteiger charge is -2.06. The van der Waals surface area contributed by atoms with E-state index in [0.717, 1.165) is 10.8 Å². The number of oxime groups is 1. The van der Waals surface area contributed by atoms with E-state index in [0.29, 0.717) is 5.56 Å². The maximum Gasteiger partial charge on any atom is 0.359 e. The monoisotopic (exact) mass is 295 g/mol. The lowest BCUT2D eigenvalue weighted by Crippen LogP contribution is -2.30. The summed E-state index contributed by atoms with van der Waals surface area (Å²) in [5.74, 6) is -3.10. The number of rotatable bonds is 2. The summed E-state index contributed by atoms with van der Waals surface area (Å²) in [4.78, 5) is 40.8. The molecule has 0 bridgehead atoms. The Morgan fingerprint density at radius 3 is 2.64 bits per heavy atom. The van der Waals surface area contributed by atoms with Gasteiger partial charge in [0.2, 0.25) is 11.9 Å². The summed E-state index contributed by atoms with van der Waals surface area (Å²) in [6.45, 7) is 0. The highest BCUT2D eigenvalue weighted by Crippen LogP contribution is 2.30. The number of cyclic esters (lactones) is 2. The van der Waals surface area contributed by atoms with Crippen LogP contribution in [-0.4, -0.2) is 29.5 Å². The molecule has 2 aromatic rings. The van der Waals surface area contributed by atoms with E-state index in [9.17, 15) is 14.4 Å². The van der Waals surface area contributed by atoms with Crippen molar-refractivity contribution in [2.75, 3.05) is 0 Å². The van der Waals surface area contributed by atoms with Crippen molar-refractivity contribution in [3.8, 4) is 0 Å². The Labute approximate surface area is 124 Å². The van der Waals surface area contributed by atoms with Gasteiger partial charge in [-0.3, -0.25) is 9.59 Å². The summed E-state index contributed by atoms with van der Waals surface area (Å²) < 4.78 is 4.50. The minimum absolute atomic E-state index is 0.0859. The number of hydrogen-bond donors (Lipinski definition) is 0. The summed E-state index contributed by atoms with van der Waals surface area (Å²) in [6, 6.07) is 12.7. The van der Waals surface area contributed by atoms with E-state index in [4.69, 9.17) is 4.84 Å². The van der Waals surface area contributed by atoms with Crippen molar-refractivity contribution in [2.24, 2.45) is 11.1 Å². The summed E-state index contributed by atoms with van der Waals surface area (Å²) in [7, 11) is 0. The van der Waals surface area contributed by atoms with E-state index in [1.165, 1.54) is 0 Å². The normalized spacial score (nSPS) is 23.0. The van der Waals surface area contributed by atoms with Gasteiger partial charge in [-0.15, -0.1) is 0 Å². The highest BCUT2D eigenvalue weighted by molar-refractivity contribution is 6.51. The van der Waals surface area contributed by atoms with Crippen LogP contribution < -0.4 is 0 Å². The lowest BCUT2D eigenvalue weighted by molar-refractivity contribution is -0.155. The Bertz CT molecular complexity index is 864. The molecule has 22 heavy (non-hydrogen) atoms. The highest BCUT2D eigenvalue weighted by Gasteiger charge is 2.55. The largest absolute Gasteiger partial charge is 0.390 e. The zero-order valence-electron chi connectivity index (χ0n) is 11.2. The average Bonchev–Trinajstić information content (AvgIpc) is 3.09. The van der Waals surface area contributed by atoms with Crippen LogP contribution in [-0.2, 0) is 19.2 Å². The van der Waals surface area contributed by atoms with Gasteiger partial charge in [0.15, 0.2) is 5.92 Å². The van der Waals surface area contributed by atoms with Crippen molar-refractivity contribution in [3.63, 3.8) is 0 Å². The number of nitrogens with zero attached hydrogens (tertiary/aromatic N) is 1. The molecule has 108 valence electrons. The van der Waals surface area contributed by atoms with E-state index in [1.54, 1.807) is 12.1 Å².